The Morgan fingerprint density at radius 1 is 1.35 bits per heavy atom. The third-order valence-corrected chi connectivity index (χ3v) is 3.41. The summed E-state index contributed by atoms with van der Waals surface area (Å²) in [5.41, 5.74) is 0. The van der Waals surface area contributed by atoms with Crippen LogP contribution < -0.4 is 0 Å². The number of nitrogens with zero attached hydrogens (tertiary/aromatic N) is 2. The van der Waals surface area contributed by atoms with Crippen molar-refractivity contribution in [1.29, 1.82) is 0 Å². The number of methoxy groups -OCH3 is 1. The fourth-order valence-corrected chi connectivity index (χ4v) is 2.46. The van der Waals surface area contributed by atoms with E-state index in [0.29, 0.717) is 6.42 Å². The standard InChI is InChI=1S/C13H26N2O2/c1-14(2)11-12-6-9-15(10-7-12)8-4-5-13(16)17-3/h12H,4-11H2,1-3H3. The SMILES string of the molecule is COC(=O)CCCN1CCC(CN(C)C)CC1. The third-order valence-electron chi connectivity index (χ3n) is 3.41. The average molecular weight is 242 g/mol. The summed E-state index contributed by atoms with van der Waals surface area (Å²) < 4.78 is 4.64. The van der Waals surface area contributed by atoms with Crippen LogP contribution >= 0.6 is 0 Å². The van der Waals surface area contributed by atoms with Crippen LogP contribution in [-0.4, -0.2) is 63.2 Å². The maximum atomic E-state index is 11.0. The summed E-state index contributed by atoms with van der Waals surface area (Å²) in [6.45, 7) is 4.60. The molecule has 1 aliphatic heterocycles. The number of piperidine rings is 1. The lowest BCUT2D eigenvalue weighted by Crippen LogP contribution is -2.37. The van der Waals surface area contributed by atoms with Crippen LogP contribution in [0.15, 0.2) is 0 Å². The predicted octanol–water partition coefficient (Wildman–Crippen LogP) is 1.21. The van der Waals surface area contributed by atoms with Gasteiger partial charge in [0, 0.05) is 13.0 Å². The highest BCUT2D eigenvalue weighted by Crippen LogP contribution is 2.17. The Labute approximate surface area is 105 Å². The van der Waals surface area contributed by atoms with E-state index in [1.165, 1.54) is 39.6 Å². The number of esters is 1. The molecule has 0 bridgehead atoms. The molecule has 0 unspecified atom stereocenters. The molecule has 1 aliphatic rings. The van der Waals surface area contributed by atoms with Crippen molar-refractivity contribution < 1.29 is 9.53 Å². The van der Waals surface area contributed by atoms with Gasteiger partial charge in [-0.05, 0) is 58.9 Å². The van der Waals surface area contributed by atoms with Gasteiger partial charge in [-0.25, -0.2) is 0 Å². The number of hydrogen-bond acceptors (Lipinski definition) is 4. The zero-order chi connectivity index (χ0) is 12.7. The Morgan fingerprint density at radius 3 is 2.53 bits per heavy atom. The minimum absolute atomic E-state index is 0.0903. The second kappa shape index (κ2) is 7.67. The molecule has 0 aliphatic carbocycles. The van der Waals surface area contributed by atoms with Gasteiger partial charge in [0.15, 0.2) is 0 Å². The van der Waals surface area contributed by atoms with E-state index in [0.717, 1.165) is 18.9 Å². The monoisotopic (exact) mass is 242 g/mol. The summed E-state index contributed by atoms with van der Waals surface area (Å²) in [4.78, 5) is 15.7. The van der Waals surface area contributed by atoms with Gasteiger partial charge >= 0.3 is 5.97 Å². The van der Waals surface area contributed by atoms with Crippen LogP contribution in [-0.2, 0) is 9.53 Å². The predicted molar refractivity (Wildman–Crippen MR) is 69.0 cm³/mol. The molecule has 0 spiro atoms. The summed E-state index contributed by atoms with van der Waals surface area (Å²) in [6.07, 6.45) is 4.05. The Bertz CT molecular complexity index is 223. The van der Waals surface area contributed by atoms with Gasteiger partial charge in [0.1, 0.15) is 0 Å². The zero-order valence-corrected chi connectivity index (χ0v) is 11.4. The lowest BCUT2D eigenvalue weighted by Gasteiger charge is -2.33. The van der Waals surface area contributed by atoms with Crippen molar-refractivity contribution in [2.75, 3.05) is 47.4 Å². The van der Waals surface area contributed by atoms with Crippen molar-refractivity contribution in [2.24, 2.45) is 5.92 Å². The molecule has 0 aromatic rings. The number of carbonyl (C=O) groups excluding carboxylic acids is 1. The quantitative estimate of drug-likeness (QED) is 0.656. The van der Waals surface area contributed by atoms with Crippen LogP contribution in [0.4, 0.5) is 0 Å². The zero-order valence-electron chi connectivity index (χ0n) is 11.4. The highest BCUT2D eigenvalue weighted by atomic mass is 16.5. The molecule has 1 fully saturated rings. The molecule has 17 heavy (non-hydrogen) atoms. The molecule has 100 valence electrons. The molecule has 0 N–H and O–H groups in total. The van der Waals surface area contributed by atoms with Crippen LogP contribution in [0.3, 0.4) is 0 Å². The van der Waals surface area contributed by atoms with E-state index < -0.39 is 0 Å². The molecule has 0 aromatic heterocycles. The van der Waals surface area contributed by atoms with E-state index in [1.807, 2.05) is 0 Å². The van der Waals surface area contributed by atoms with Crippen molar-refractivity contribution in [2.45, 2.75) is 25.7 Å². The lowest BCUT2D eigenvalue weighted by atomic mass is 9.96. The van der Waals surface area contributed by atoms with Gasteiger partial charge in [0.05, 0.1) is 7.11 Å². The molecule has 4 heteroatoms. The van der Waals surface area contributed by atoms with E-state index >= 15 is 0 Å². The first-order valence-corrected chi connectivity index (χ1v) is 6.55. The largest absolute Gasteiger partial charge is 0.469 e. The summed E-state index contributed by atoms with van der Waals surface area (Å²) in [5.74, 6) is 0.759. The Hall–Kier alpha value is -0.610. The van der Waals surface area contributed by atoms with Gasteiger partial charge in [-0.2, -0.15) is 0 Å². The van der Waals surface area contributed by atoms with Crippen molar-refractivity contribution in [1.82, 2.24) is 9.80 Å². The van der Waals surface area contributed by atoms with Crippen molar-refractivity contribution in [3.8, 4) is 0 Å². The molecule has 0 aromatic carbocycles. The van der Waals surface area contributed by atoms with Gasteiger partial charge in [0.25, 0.3) is 0 Å². The van der Waals surface area contributed by atoms with E-state index in [4.69, 9.17) is 0 Å². The molecule has 1 saturated heterocycles. The van der Waals surface area contributed by atoms with E-state index in [2.05, 4.69) is 28.6 Å². The number of ether oxygens (including phenoxy) is 1. The molecule has 0 radical (unpaired) electrons. The maximum Gasteiger partial charge on any atom is 0.305 e. The van der Waals surface area contributed by atoms with Crippen molar-refractivity contribution >= 4 is 5.97 Å². The number of rotatable bonds is 6. The molecule has 1 rings (SSSR count). The summed E-state index contributed by atoms with van der Waals surface area (Å²) >= 11 is 0. The highest BCUT2D eigenvalue weighted by Gasteiger charge is 2.19. The number of carbonyl (C=O) groups is 1. The van der Waals surface area contributed by atoms with Crippen LogP contribution in [0.2, 0.25) is 0 Å². The fourth-order valence-electron chi connectivity index (χ4n) is 2.46. The summed E-state index contributed by atoms with van der Waals surface area (Å²) in [5, 5.41) is 0. The van der Waals surface area contributed by atoms with Gasteiger partial charge in [-0.3, -0.25) is 4.79 Å². The topological polar surface area (TPSA) is 32.8 Å². The lowest BCUT2D eigenvalue weighted by molar-refractivity contribution is -0.140. The Balaban J connectivity index is 2.08. The first-order valence-electron chi connectivity index (χ1n) is 6.55. The second-order valence-electron chi connectivity index (χ2n) is 5.23. The van der Waals surface area contributed by atoms with Crippen LogP contribution in [0, 0.1) is 5.92 Å². The molecular weight excluding hydrogens is 216 g/mol. The van der Waals surface area contributed by atoms with Crippen LogP contribution in [0.25, 0.3) is 0 Å². The minimum atomic E-state index is -0.0903. The average Bonchev–Trinajstić information content (AvgIpc) is 2.30. The highest BCUT2D eigenvalue weighted by molar-refractivity contribution is 5.69. The van der Waals surface area contributed by atoms with Crippen molar-refractivity contribution in [3.63, 3.8) is 0 Å². The summed E-state index contributed by atoms with van der Waals surface area (Å²) in [7, 11) is 5.74. The van der Waals surface area contributed by atoms with Crippen LogP contribution in [0.1, 0.15) is 25.7 Å². The van der Waals surface area contributed by atoms with E-state index in [1.54, 1.807) is 0 Å². The molecule has 4 nitrogen and oxygen atoms in total. The molecule has 1 heterocycles. The van der Waals surface area contributed by atoms with Gasteiger partial charge < -0.3 is 14.5 Å². The van der Waals surface area contributed by atoms with Crippen molar-refractivity contribution in [3.05, 3.63) is 0 Å². The second-order valence-corrected chi connectivity index (χ2v) is 5.23. The smallest absolute Gasteiger partial charge is 0.305 e. The van der Waals surface area contributed by atoms with Crippen LogP contribution in [0.5, 0.6) is 0 Å². The minimum Gasteiger partial charge on any atom is -0.469 e. The molecule has 0 saturated carbocycles. The Kier molecular flexibility index (Phi) is 6.52. The van der Waals surface area contributed by atoms with Gasteiger partial charge in [-0.15, -0.1) is 0 Å². The number of hydrogen-bond donors (Lipinski definition) is 0. The molecule has 0 atom stereocenters. The Morgan fingerprint density at radius 2 is 2.00 bits per heavy atom. The first-order chi connectivity index (χ1) is 8.11. The molecular formula is C13H26N2O2. The fraction of sp³-hybridized carbons (Fsp3) is 0.923. The van der Waals surface area contributed by atoms with E-state index in [9.17, 15) is 4.79 Å². The van der Waals surface area contributed by atoms with E-state index in [-0.39, 0.29) is 5.97 Å². The first kappa shape index (κ1) is 14.5. The molecule has 0 amide bonds. The van der Waals surface area contributed by atoms with Gasteiger partial charge in [-0.1, -0.05) is 0 Å². The maximum absolute atomic E-state index is 11.0. The third kappa shape index (κ3) is 6.03. The number of likely N-dealkylation sites (tertiary alicyclic amines) is 1. The summed E-state index contributed by atoms with van der Waals surface area (Å²) in [6, 6.07) is 0. The normalized spacial score (nSPS) is 18.6. The van der Waals surface area contributed by atoms with Gasteiger partial charge in [0.2, 0.25) is 0 Å².